The second-order valence-corrected chi connectivity index (χ2v) is 5.96. The zero-order chi connectivity index (χ0) is 17.2. The maximum Gasteiger partial charge on any atom is 0.254 e. The first-order valence-corrected chi connectivity index (χ1v) is 8.12. The fourth-order valence-electron chi connectivity index (χ4n) is 3.03. The molecule has 25 heavy (non-hydrogen) atoms. The Morgan fingerprint density at radius 1 is 1.28 bits per heavy atom. The number of carbonyl (C=O) groups excluding carboxylic acids is 1. The van der Waals surface area contributed by atoms with Gasteiger partial charge in [0.2, 0.25) is 11.8 Å². The molecule has 3 aromatic rings. The zero-order valence-corrected chi connectivity index (χ0v) is 13.8. The maximum absolute atomic E-state index is 12.7. The molecule has 3 heterocycles. The van der Waals surface area contributed by atoms with Crippen LogP contribution in [-0.4, -0.2) is 52.1 Å². The minimum Gasteiger partial charge on any atom is -0.480 e. The van der Waals surface area contributed by atoms with Crippen LogP contribution in [0.1, 0.15) is 16.8 Å². The summed E-state index contributed by atoms with van der Waals surface area (Å²) in [6.45, 7) is 1.18. The van der Waals surface area contributed by atoms with E-state index in [9.17, 15) is 4.79 Å². The highest BCUT2D eigenvalue weighted by atomic mass is 16.5. The maximum atomic E-state index is 12.7. The Balaban J connectivity index is 1.43. The van der Waals surface area contributed by atoms with Crippen molar-refractivity contribution < 1.29 is 14.3 Å². The van der Waals surface area contributed by atoms with Crippen molar-refractivity contribution in [1.82, 2.24) is 19.9 Å². The van der Waals surface area contributed by atoms with Gasteiger partial charge in [0.25, 0.3) is 5.91 Å². The summed E-state index contributed by atoms with van der Waals surface area (Å²) < 4.78 is 10.9. The van der Waals surface area contributed by atoms with Crippen molar-refractivity contribution >= 4 is 16.8 Å². The molecule has 1 aliphatic rings. The van der Waals surface area contributed by atoms with Gasteiger partial charge in [0.05, 0.1) is 26.0 Å². The number of nitrogens with zero attached hydrogens (tertiary/aromatic N) is 3. The highest BCUT2D eigenvalue weighted by Gasteiger charge is 2.28. The van der Waals surface area contributed by atoms with E-state index >= 15 is 0 Å². The van der Waals surface area contributed by atoms with E-state index in [1.165, 1.54) is 13.3 Å². The molecule has 0 aliphatic carbocycles. The molecule has 1 saturated heterocycles. The van der Waals surface area contributed by atoms with Gasteiger partial charge < -0.3 is 19.4 Å². The Morgan fingerprint density at radius 3 is 3.04 bits per heavy atom. The minimum absolute atomic E-state index is 0.0133. The second kappa shape index (κ2) is 6.43. The Hall–Kier alpha value is -3.09. The summed E-state index contributed by atoms with van der Waals surface area (Å²) >= 11 is 0. The summed E-state index contributed by atoms with van der Waals surface area (Å²) in [5, 5.41) is 1.09. The molecule has 1 atom stereocenters. The topological polar surface area (TPSA) is 80.3 Å². The lowest BCUT2D eigenvalue weighted by Gasteiger charge is -2.17. The molecule has 0 spiro atoms. The Morgan fingerprint density at radius 2 is 2.16 bits per heavy atom. The molecule has 1 unspecified atom stereocenters. The van der Waals surface area contributed by atoms with Crippen molar-refractivity contribution in [3.05, 3.63) is 48.4 Å². The summed E-state index contributed by atoms with van der Waals surface area (Å²) in [6.07, 6.45) is 5.60. The Bertz CT molecular complexity index is 908. The first-order chi connectivity index (χ1) is 12.2. The summed E-state index contributed by atoms with van der Waals surface area (Å²) in [5.74, 6) is 0.827. The fourth-order valence-corrected chi connectivity index (χ4v) is 3.03. The van der Waals surface area contributed by atoms with Gasteiger partial charge in [0.15, 0.2) is 0 Å². The number of ether oxygens (including phenoxy) is 2. The average Bonchev–Trinajstić information content (AvgIpc) is 3.29. The van der Waals surface area contributed by atoms with Gasteiger partial charge in [0, 0.05) is 30.2 Å². The van der Waals surface area contributed by atoms with E-state index in [2.05, 4.69) is 15.0 Å². The number of carbonyl (C=O) groups is 1. The lowest BCUT2D eigenvalue weighted by Crippen LogP contribution is -2.31. The van der Waals surface area contributed by atoms with Crippen LogP contribution in [0.4, 0.5) is 0 Å². The summed E-state index contributed by atoms with van der Waals surface area (Å²) in [4.78, 5) is 25.9. The van der Waals surface area contributed by atoms with Crippen molar-refractivity contribution in [2.75, 3.05) is 20.2 Å². The van der Waals surface area contributed by atoms with Crippen LogP contribution in [0.3, 0.4) is 0 Å². The number of likely N-dealkylation sites (tertiary alicyclic amines) is 1. The van der Waals surface area contributed by atoms with E-state index in [0.29, 0.717) is 30.4 Å². The lowest BCUT2D eigenvalue weighted by atomic mass is 10.1. The van der Waals surface area contributed by atoms with Crippen LogP contribution in [0.25, 0.3) is 10.9 Å². The van der Waals surface area contributed by atoms with Gasteiger partial charge in [-0.05, 0) is 23.6 Å². The molecule has 4 rings (SSSR count). The van der Waals surface area contributed by atoms with Gasteiger partial charge >= 0.3 is 0 Å². The van der Waals surface area contributed by atoms with Gasteiger partial charge in [-0.1, -0.05) is 6.07 Å². The van der Waals surface area contributed by atoms with Gasteiger partial charge in [-0.25, -0.2) is 0 Å². The van der Waals surface area contributed by atoms with Crippen LogP contribution in [0.5, 0.6) is 11.8 Å². The largest absolute Gasteiger partial charge is 0.480 e. The van der Waals surface area contributed by atoms with Gasteiger partial charge in [-0.15, -0.1) is 0 Å². The number of rotatable bonds is 4. The van der Waals surface area contributed by atoms with Crippen LogP contribution >= 0.6 is 0 Å². The van der Waals surface area contributed by atoms with Gasteiger partial charge in [0.1, 0.15) is 6.10 Å². The average molecular weight is 338 g/mol. The summed E-state index contributed by atoms with van der Waals surface area (Å²) in [5.41, 5.74) is 1.64. The lowest BCUT2D eigenvalue weighted by molar-refractivity contribution is 0.0771. The first-order valence-electron chi connectivity index (χ1n) is 8.12. The van der Waals surface area contributed by atoms with Crippen molar-refractivity contribution in [1.29, 1.82) is 0 Å². The summed E-state index contributed by atoms with van der Waals surface area (Å²) in [7, 11) is 1.53. The van der Waals surface area contributed by atoms with Gasteiger partial charge in [-0.2, -0.15) is 4.98 Å². The van der Waals surface area contributed by atoms with Crippen molar-refractivity contribution in [2.24, 2.45) is 0 Å². The SMILES string of the molecule is COc1cncc(OC2CCN(C(=O)c3ccc4cc[nH]c4c3)C2)n1. The predicted molar refractivity (Wildman–Crippen MR) is 91.8 cm³/mol. The standard InChI is InChI=1S/C18H18N4O3/c1-24-16-9-19-10-17(21-16)25-14-5-7-22(11-14)18(23)13-3-2-12-4-6-20-15(12)8-13/h2-4,6,8-10,14,20H,5,7,11H2,1H3. The molecular weight excluding hydrogens is 320 g/mol. The minimum atomic E-state index is -0.0976. The molecule has 128 valence electrons. The van der Waals surface area contributed by atoms with Crippen LogP contribution in [0.2, 0.25) is 0 Å². The molecular formula is C18H18N4O3. The number of hydrogen-bond donors (Lipinski definition) is 1. The van der Waals surface area contributed by atoms with Crippen LogP contribution in [0.15, 0.2) is 42.9 Å². The number of fused-ring (bicyclic) bond motifs is 1. The van der Waals surface area contributed by atoms with E-state index in [4.69, 9.17) is 9.47 Å². The number of amides is 1. The first kappa shape index (κ1) is 15.4. The number of hydrogen-bond acceptors (Lipinski definition) is 5. The third kappa shape index (κ3) is 3.13. The van der Waals surface area contributed by atoms with Crippen molar-refractivity contribution in [3.63, 3.8) is 0 Å². The monoisotopic (exact) mass is 338 g/mol. The van der Waals surface area contributed by atoms with E-state index < -0.39 is 0 Å². The molecule has 1 N–H and O–H groups in total. The van der Waals surface area contributed by atoms with Crippen LogP contribution in [0, 0.1) is 0 Å². The van der Waals surface area contributed by atoms with Crippen LogP contribution < -0.4 is 9.47 Å². The quantitative estimate of drug-likeness (QED) is 0.789. The van der Waals surface area contributed by atoms with Crippen molar-refractivity contribution in [2.45, 2.75) is 12.5 Å². The smallest absolute Gasteiger partial charge is 0.254 e. The molecule has 0 bridgehead atoms. The van der Waals surface area contributed by atoms with Gasteiger partial charge in [-0.3, -0.25) is 9.78 Å². The number of nitrogens with one attached hydrogen (secondary N) is 1. The molecule has 1 aromatic carbocycles. The van der Waals surface area contributed by atoms with E-state index in [-0.39, 0.29) is 12.0 Å². The highest BCUT2D eigenvalue weighted by molar-refractivity contribution is 5.98. The summed E-state index contributed by atoms with van der Waals surface area (Å²) in [6, 6.07) is 7.69. The number of aromatic amines is 1. The molecule has 1 amide bonds. The van der Waals surface area contributed by atoms with Crippen LogP contribution in [-0.2, 0) is 0 Å². The number of methoxy groups -OCH3 is 1. The normalized spacial score (nSPS) is 17.0. The van der Waals surface area contributed by atoms with E-state index in [0.717, 1.165) is 17.3 Å². The zero-order valence-electron chi connectivity index (χ0n) is 13.8. The number of aromatic nitrogens is 3. The predicted octanol–water partition coefficient (Wildman–Crippen LogP) is 2.26. The molecule has 1 aliphatic heterocycles. The molecule has 2 aromatic heterocycles. The van der Waals surface area contributed by atoms with E-state index in [1.807, 2.05) is 35.4 Å². The molecule has 7 heteroatoms. The third-order valence-electron chi connectivity index (χ3n) is 4.32. The number of H-pyrrole nitrogens is 1. The number of benzene rings is 1. The molecule has 1 fully saturated rings. The third-order valence-corrected chi connectivity index (χ3v) is 4.32. The highest BCUT2D eigenvalue weighted by Crippen LogP contribution is 2.21. The second-order valence-electron chi connectivity index (χ2n) is 5.96. The Kier molecular flexibility index (Phi) is 3.97. The fraction of sp³-hybridized carbons (Fsp3) is 0.278. The Labute approximate surface area is 144 Å². The van der Waals surface area contributed by atoms with Crippen molar-refractivity contribution in [3.8, 4) is 11.8 Å². The molecule has 7 nitrogen and oxygen atoms in total. The molecule has 0 saturated carbocycles. The van der Waals surface area contributed by atoms with E-state index in [1.54, 1.807) is 6.20 Å². The molecule has 0 radical (unpaired) electrons.